The van der Waals surface area contributed by atoms with Crippen molar-refractivity contribution < 1.29 is 4.52 Å². The Labute approximate surface area is 124 Å². The third-order valence-electron chi connectivity index (χ3n) is 2.95. The first-order valence-corrected chi connectivity index (χ1v) is 7.09. The van der Waals surface area contributed by atoms with E-state index in [4.69, 9.17) is 4.52 Å². The molecular formula is C14H13BrN4O. The molecule has 2 heterocycles. The van der Waals surface area contributed by atoms with Crippen LogP contribution in [0.5, 0.6) is 0 Å². The minimum Gasteiger partial charge on any atom is -0.384 e. The van der Waals surface area contributed by atoms with Crippen LogP contribution < -0.4 is 5.32 Å². The second-order valence-corrected chi connectivity index (χ2v) is 5.26. The number of nitrogens with zero attached hydrogens (tertiary/aromatic N) is 3. The number of fused-ring (bicyclic) bond motifs is 1. The van der Waals surface area contributed by atoms with Crippen LogP contribution in [0.15, 0.2) is 39.5 Å². The van der Waals surface area contributed by atoms with Crippen LogP contribution in [0.4, 0.5) is 5.69 Å². The summed E-state index contributed by atoms with van der Waals surface area (Å²) in [6.07, 6.45) is 2.49. The van der Waals surface area contributed by atoms with Gasteiger partial charge in [0.25, 0.3) is 0 Å². The van der Waals surface area contributed by atoms with Gasteiger partial charge in [-0.1, -0.05) is 17.3 Å². The van der Waals surface area contributed by atoms with Crippen molar-refractivity contribution in [1.82, 2.24) is 15.1 Å². The van der Waals surface area contributed by atoms with Crippen molar-refractivity contribution in [2.24, 2.45) is 0 Å². The lowest BCUT2D eigenvalue weighted by molar-refractivity contribution is 0.377. The first-order valence-electron chi connectivity index (χ1n) is 6.30. The molecule has 0 saturated heterocycles. The topological polar surface area (TPSA) is 63.8 Å². The maximum Gasteiger partial charge on any atom is 0.228 e. The van der Waals surface area contributed by atoms with Gasteiger partial charge < -0.3 is 9.84 Å². The highest BCUT2D eigenvalue weighted by atomic mass is 79.9. The van der Waals surface area contributed by atoms with Crippen molar-refractivity contribution in [2.75, 3.05) is 11.9 Å². The molecule has 0 radical (unpaired) electrons. The van der Waals surface area contributed by atoms with Crippen LogP contribution >= 0.6 is 15.9 Å². The predicted molar refractivity (Wildman–Crippen MR) is 80.7 cm³/mol. The largest absolute Gasteiger partial charge is 0.384 e. The number of benzene rings is 1. The molecule has 0 bridgehead atoms. The lowest BCUT2D eigenvalue weighted by Crippen LogP contribution is -2.05. The van der Waals surface area contributed by atoms with E-state index in [1.807, 2.05) is 31.2 Å². The molecule has 0 saturated carbocycles. The Morgan fingerprint density at radius 1 is 1.30 bits per heavy atom. The summed E-state index contributed by atoms with van der Waals surface area (Å²) in [7, 11) is 0. The molecule has 0 unspecified atom stereocenters. The number of rotatable bonds is 4. The number of anilines is 1. The van der Waals surface area contributed by atoms with Crippen molar-refractivity contribution in [1.29, 1.82) is 0 Å². The Morgan fingerprint density at radius 3 is 3.00 bits per heavy atom. The maximum absolute atomic E-state index is 5.09. The van der Waals surface area contributed by atoms with Crippen LogP contribution in [0.2, 0.25) is 0 Å². The van der Waals surface area contributed by atoms with Gasteiger partial charge in [0.1, 0.15) is 0 Å². The summed E-state index contributed by atoms with van der Waals surface area (Å²) in [5, 5.41) is 8.24. The number of hydrogen-bond acceptors (Lipinski definition) is 5. The van der Waals surface area contributed by atoms with Crippen molar-refractivity contribution in [3.63, 3.8) is 0 Å². The van der Waals surface area contributed by atoms with E-state index < -0.39 is 0 Å². The zero-order valence-corrected chi connectivity index (χ0v) is 12.5. The average molecular weight is 333 g/mol. The second kappa shape index (κ2) is 5.58. The molecule has 6 heteroatoms. The predicted octanol–water partition coefficient (Wildman–Crippen LogP) is 3.34. The summed E-state index contributed by atoms with van der Waals surface area (Å²) in [5.41, 5.74) is 2.00. The molecule has 2 aromatic heterocycles. The highest BCUT2D eigenvalue weighted by molar-refractivity contribution is 9.10. The molecule has 0 atom stereocenters. The van der Waals surface area contributed by atoms with Gasteiger partial charge in [-0.25, -0.2) is 0 Å². The number of nitrogens with one attached hydrogen (secondary N) is 1. The van der Waals surface area contributed by atoms with E-state index in [-0.39, 0.29) is 0 Å². The second-order valence-electron chi connectivity index (χ2n) is 4.41. The highest BCUT2D eigenvalue weighted by Crippen LogP contribution is 2.27. The lowest BCUT2D eigenvalue weighted by atomic mass is 10.2. The van der Waals surface area contributed by atoms with Crippen LogP contribution in [-0.2, 0) is 6.42 Å². The molecule has 1 aromatic carbocycles. The molecule has 1 N–H and O–H groups in total. The summed E-state index contributed by atoms with van der Waals surface area (Å²) in [6, 6.07) is 8.00. The fraction of sp³-hybridized carbons (Fsp3) is 0.214. The van der Waals surface area contributed by atoms with E-state index in [9.17, 15) is 0 Å². The quantitative estimate of drug-likeness (QED) is 0.793. The van der Waals surface area contributed by atoms with Crippen LogP contribution in [0.25, 0.3) is 10.9 Å². The molecule has 3 aromatic rings. The van der Waals surface area contributed by atoms with Gasteiger partial charge in [0, 0.05) is 34.7 Å². The van der Waals surface area contributed by atoms with Gasteiger partial charge in [-0.2, -0.15) is 4.98 Å². The fourth-order valence-corrected chi connectivity index (χ4v) is 2.51. The van der Waals surface area contributed by atoms with E-state index in [0.29, 0.717) is 18.1 Å². The fourth-order valence-electron chi connectivity index (χ4n) is 2.04. The van der Waals surface area contributed by atoms with Gasteiger partial charge in [0.05, 0.1) is 5.52 Å². The number of pyridine rings is 1. The first-order chi connectivity index (χ1) is 9.74. The molecular weight excluding hydrogens is 320 g/mol. The number of halogens is 1. The number of hydrogen-bond donors (Lipinski definition) is 1. The standard InChI is InChI=1S/C14H13BrN4O/c1-9-18-13(20-19-9)6-8-16-12-5-7-17-14-10(12)3-2-4-11(14)15/h2-5,7H,6,8H2,1H3,(H,16,17). The summed E-state index contributed by atoms with van der Waals surface area (Å²) in [5.74, 6) is 1.31. The third kappa shape index (κ3) is 2.65. The SMILES string of the molecule is Cc1noc(CCNc2ccnc3c(Br)cccc23)n1. The number of aromatic nitrogens is 3. The van der Waals surface area contributed by atoms with Gasteiger partial charge in [-0.05, 0) is 35.0 Å². The van der Waals surface area contributed by atoms with Crippen LogP contribution in [0.1, 0.15) is 11.7 Å². The maximum atomic E-state index is 5.09. The zero-order chi connectivity index (χ0) is 13.9. The molecule has 0 spiro atoms. The minimum atomic E-state index is 0.648. The summed E-state index contributed by atoms with van der Waals surface area (Å²) < 4.78 is 6.08. The summed E-state index contributed by atoms with van der Waals surface area (Å²) >= 11 is 3.52. The molecule has 0 amide bonds. The van der Waals surface area contributed by atoms with Gasteiger partial charge in [0.2, 0.25) is 5.89 Å². The van der Waals surface area contributed by atoms with E-state index >= 15 is 0 Å². The van der Waals surface area contributed by atoms with Gasteiger partial charge in [-0.15, -0.1) is 0 Å². The molecule has 0 aliphatic rings. The van der Waals surface area contributed by atoms with Gasteiger partial charge in [-0.3, -0.25) is 4.98 Å². The lowest BCUT2D eigenvalue weighted by Gasteiger charge is -2.08. The van der Waals surface area contributed by atoms with Crippen LogP contribution in [-0.4, -0.2) is 21.7 Å². The Balaban J connectivity index is 1.76. The van der Waals surface area contributed by atoms with E-state index in [1.165, 1.54) is 0 Å². The van der Waals surface area contributed by atoms with E-state index in [2.05, 4.69) is 36.4 Å². The molecule has 0 aliphatic heterocycles. The van der Waals surface area contributed by atoms with Gasteiger partial charge >= 0.3 is 0 Å². The highest BCUT2D eigenvalue weighted by Gasteiger charge is 2.06. The van der Waals surface area contributed by atoms with Crippen LogP contribution in [0, 0.1) is 6.92 Å². The molecule has 0 aliphatic carbocycles. The van der Waals surface area contributed by atoms with Crippen molar-refractivity contribution >= 4 is 32.5 Å². The van der Waals surface area contributed by atoms with Crippen molar-refractivity contribution in [3.8, 4) is 0 Å². The Hall–Kier alpha value is -1.95. The van der Waals surface area contributed by atoms with E-state index in [1.54, 1.807) is 6.20 Å². The Kier molecular flexibility index (Phi) is 3.64. The third-order valence-corrected chi connectivity index (χ3v) is 3.59. The monoisotopic (exact) mass is 332 g/mol. The smallest absolute Gasteiger partial charge is 0.228 e. The molecule has 20 heavy (non-hydrogen) atoms. The Bertz CT molecular complexity index is 741. The zero-order valence-electron chi connectivity index (χ0n) is 10.9. The first kappa shape index (κ1) is 13.1. The molecule has 0 fully saturated rings. The molecule has 5 nitrogen and oxygen atoms in total. The van der Waals surface area contributed by atoms with Crippen molar-refractivity contribution in [2.45, 2.75) is 13.3 Å². The van der Waals surface area contributed by atoms with E-state index in [0.717, 1.165) is 27.6 Å². The van der Waals surface area contributed by atoms with Crippen LogP contribution in [0.3, 0.4) is 0 Å². The summed E-state index contributed by atoms with van der Waals surface area (Å²) in [6.45, 7) is 2.54. The Morgan fingerprint density at radius 2 is 2.20 bits per heavy atom. The number of aryl methyl sites for hydroxylation is 1. The minimum absolute atomic E-state index is 0.648. The average Bonchev–Trinajstić information content (AvgIpc) is 2.86. The van der Waals surface area contributed by atoms with Gasteiger partial charge in [0.15, 0.2) is 5.82 Å². The summed E-state index contributed by atoms with van der Waals surface area (Å²) in [4.78, 5) is 8.56. The molecule has 3 rings (SSSR count). The molecule has 102 valence electrons. The normalized spacial score (nSPS) is 10.9. The van der Waals surface area contributed by atoms with Crippen molar-refractivity contribution in [3.05, 3.63) is 46.7 Å². The number of para-hydroxylation sites is 1.